The monoisotopic (exact) mass is 318 g/mol. The highest BCUT2D eigenvalue weighted by atomic mass is 16.3. The standard InChI is InChI=1S/C15H18N4O4/c1-2-10-3-5-11(6-4-10)19-14(22)12(9-17-16-7-8-20)13(21)18-15(19)23/h3-6,9,16,20,22H,2,7-8H2,1H3,(H,18,21,23)/b17-9-. The summed E-state index contributed by atoms with van der Waals surface area (Å²) in [5, 5.41) is 22.6. The number of nitrogens with one attached hydrogen (secondary N) is 2. The Bertz CT molecular complexity index is 806. The number of nitrogens with zero attached hydrogens (tertiary/aromatic N) is 2. The zero-order valence-electron chi connectivity index (χ0n) is 12.6. The lowest BCUT2D eigenvalue weighted by atomic mass is 10.1. The molecule has 1 aromatic carbocycles. The summed E-state index contributed by atoms with van der Waals surface area (Å²) in [5.41, 5.74) is 2.37. The molecule has 1 heterocycles. The lowest BCUT2D eigenvalue weighted by Crippen LogP contribution is -2.31. The van der Waals surface area contributed by atoms with E-state index in [2.05, 4.69) is 15.5 Å². The number of aliphatic hydroxyl groups is 1. The summed E-state index contributed by atoms with van der Waals surface area (Å²) in [6.45, 7) is 2.09. The highest BCUT2D eigenvalue weighted by Gasteiger charge is 2.14. The van der Waals surface area contributed by atoms with Gasteiger partial charge in [-0.2, -0.15) is 5.10 Å². The van der Waals surface area contributed by atoms with Crippen molar-refractivity contribution in [1.29, 1.82) is 0 Å². The number of hydrogen-bond donors (Lipinski definition) is 4. The van der Waals surface area contributed by atoms with E-state index in [1.54, 1.807) is 12.1 Å². The normalized spacial score (nSPS) is 11.0. The van der Waals surface area contributed by atoms with E-state index in [-0.39, 0.29) is 18.7 Å². The molecule has 0 saturated heterocycles. The molecule has 23 heavy (non-hydrogen) atoms. The molecule has 0 amide bonds. The summed E-state index contributed by atoms with van der Waals surface area (Å²) in [7, 11) is 0. The van der Waals surface area contributed by atoms with Crippen LogP contribution >= 0.6 is 0 Å². The lowest BCUT2D eigenvalue weighted by molar-refractivity contribution is 0.294. The first kappa shape index (κ1) is 16.5. The zero-order valence-corrected chi connectivity index (χ0v) is 12.6. The van der Waals surface area contributed by atoms with Gasteiger partial charge in [-0.15, -0.1) is 0 Å². The van der Waals surface area contributed by atoms with E-state index in [1.165, 1.54) is 0 Å². The molecule has 1 aromatic heterocycles. The van der Waals surface area contributed by atoms with E-state index in [0.717, 1.165) is 22.8 Å². The molecule has 0 unspecified atom stereocenters. The minimum Gasteiger partial charge on any atom is -0.493 e. The van der Waals surface area contributed by atoms with Gasteiger partial charge in [-0.25, -0.2) is 9.36 Å². The van der Waals surface area contributed by atoms with Crippen molar-refractivity contribution in [2.24, 2.45) is 5.10 Å². The van der Waals surface area contributed by atoms with Gasteiger partial charge in [-0.1, -0.05) is 19.1 Å². The van der Waals surface area contributed by atoms with Gasteiger partial charge in [0.1, 0.15) is 5.56 Å². The second-order valence-electron chi connectivity index (χ2n) is 4.74. The summed E-state index contributed by atoms with van der Waals surface area (Å²) in [5.74, 6) is -0.502. The third-order valence-corrected chi connectivity index (χ3v) is 3.23. The van der Waals surface area contributed by atoms with Gasteiger partial charge in [0.2, 0.25) is 5.88 Å². The van der Waals surface area contributed by atoms with Crippen molar-refractivity contribution >= 4 is 6.21 Å². The Morgan fingerprint density at radius 3 is 2.61 bits per heavy atom. The molecule has 0 atom stereocenters. The molecule has 0 aliphatic rings. The Morgan fingerprint density at radius 1 is 1.30 bits per heavy atom. The molecule has 8 nitrogen and oxygen atoms in total. The van der Waals surface area contributed by atoms with Crippen molar-refractivity contribution in [2.75, 3.05) is 13.2 Å². The van der Waals surface area contributed by atoms with Crippen LogP contribution in [0.3, 0.4) is 0 Å². The van der Waals surface area contributed by atoms with Crippen molar-refractivity contribution in [1.82, 2.24) is 15.0 Å². The number of hydrazone groups is 1. The molecule has 2 aromatic rings. The molecule has 0 aliphatic carbocycles. The number of hydrogen-bond acceptors (Lipinski definition) is 6. The maximum absolute atomic E-state index is 12.0. The van der Waals surface area contributed by atoms with Crippen LogP contribution in [-0.4, -0.2) is 39.1 Å². The third kappa shape index (κ3) is 3.67. The highest BCUT2D eigenvalue weighted by molar-refractivity contribution is 5.82. The predicted molar refractivity (Wildman–Crippen MR) is 86.4 cm³/mol. The fourth-order valence-electron chi connectivity index (χ4n) is 2.00. The van der Waals surface area contributed by atoms with Crippen molar-refractivity contribution < 1.29 is 10.2 Å². The predicted octanol–water partition coefficient (Wildman–Crippen LogP) is -0.290. The molecule has 0 radical (unpaired) electrons. The molecule has 0 bridgehead atoms. The first-order valence-electron chi connectivity index (χ1n) is 7.12. The summed E-state index contributed by atoms with van der Waals surface area (Å²) in [6, 6.07) is 7.04. The molecule has 0 spiro atoms. The quantitative estimate of drug-likeness (QED) is 0.331. The van der Waals surface area contributed by atoms with Gasteiger partial charge in [-0.3, -0.25) is 9.78 Å². The van der Waals surface area contributed by atoms with Gasteiger partial charge in [-0.05, 0) is 24.1 Å². The van der Waals surface area contributed by atoms with Crippen LogP contribution < -0.4 is 16.7 Å². The van der Waals surface area contributed by atoms with Crippen molar-refractivity contribution in [3.63, 3.8) is 0 Å². The SMILES string of the molecule is CCc1ccc(-n2c(O)c(/C=N\NCCO)c(=O)[nH]c2=O)cc1. The Hall–Kier alpha value is -2.87. The lowest BCUT2D eigenvalue weighted by Gasteiger charge is -2.10. The third-order valence-electron chi connectivity index (χ3n) is 3.23. The van der Waals surface area contributed by atoms with Gasteiger partial charge >= 0.3 is 5.69 Å². The molecule has 4 N–H and O–H groups in total. The molecule has 122 valence electrons. The number of H-pyrrole nitrogens is 1. The molecule has 0 aliphatic heterocycles. The minimum absolute atomic E-state index is 0.122. The van der Waals surface area contributed by atoms with E-state index in [9.17, 15) is 14.7 Å². The molecular weight excluding hydrogens is 300 g/mol. The highest BCUT2D eigenvalue weighted by Crippen LogP contribution is 2.16. The van der Waals surface area contributed by atoms with E-state index >= 15 is 0 Å². The van der Waals surface area contributed by atoms with Crippen LogP contribution in [0.25, 0.3) is 5.69 Å². The van der Waals surface area contributed by atoms with Crippen LogP contribution in [0.4, 0.5) is 0 Å². The Morgan fingerprint density at radius 2 is 2.00 bits per heavy atom. The molecule has 8 heteroatoms. The first-order valence-corrected chi connectivity index (χ1v) is 7.12. The van der Waals surface area contributed by atoms with Crippen molar-refractivity contribution in [2.45, 2.75) is 13.3 Å². The van der Waals surface area contributed by atoms with Gasteiger partial charge in [0.25, 0.3) is 5.56 Å². The first-order chi connectivity index (χ1) is 11.1. The van der Waals surface area contributed by atoms with E-state index in [4.69, 9.17) is 5.11 Å². The van der Waals surface area contributed by atoms with Crippen LogP contribution in [-0.2, 0) is 6.42 Å². The van der Waals surface area contributed by atoms with Gasteiger partial charge < -0.3 is 15.6 Å². The Balaban J connectivity index is 2.49. The molecular formula is C15H18N4O4. The molecule has 0 fully saturated rings. The Labute approximate surface area is 131 Å². The topological polar surface area (TPSA) is 120 Å². The summed E-state index contributed by atoms with van der Waals surface area (Å²) in [6.07, 6.45) is 1.95. The maximum atomic E-state index is 12.0. The summed E-state index contributed by atoms with van der Waals surface area (Å²) >= 11 is 0. The largest absolute Gasteiger partial charge is 0.493 e. The smallest absolute Gasteiger partial charge is 0.335 e. The number of aromatic hydroxyl groups is 1. The van der Waals surface area contributed by atoms with Gasteiger partial charge in [0.05, 0.1) is 25.1 Å². The van der Waals surface area contributed by atoms with Crippen molar-refractivity contribution in [3.05, 3.63) is 56.2 Å². The van der Waals surface area contributed by atoms with Crippen LogP contribution in [0.15, 0.2) is 39.0 Å². The number of aliphatic hydroxyl groups excluding tert-OH is 1. The van der Waals surface area contributed by atoms with E-state index in [0.29, 0.717) is 5.69 Å². The second kappa shape index (κ2) is 7.41. The van der Waals surface area contributed by atoms with Crippen LogP contribution in [0.1, 0.15) is 18.1 Å². The fraction of sp³-hybridized carbons (Fsp3) is 0.267. The van der Waals surface area contributed by atoms with Crippen LogP contribution in [0, 0.1) is 0 Å². The van der Waals surface area contributed by atoms with Crippen LogP contribution in [0.2, 0.25) is 0 Å². The average molecular weight is 318 g/mol. The minimum atomic E-state index is -0.747. The van der Waals surface area contributed by atoms with Crippen molar-refractivity contribution in [3.8, 4) is 11.6 Å². The summed E-state index contributed by atoms with van der Waals surface area (Å²) in [4.78, 5) is 25.9. The average Bonchev–Trinajstić information content (AvgIpc) is 2.54. The van der Waals surface area contributed by atoms with E-state index < -0.39 is 17.1 Å². The fourth-order valence-corrected chi connectivity index (χ4v) is 2.00. The molecule has 2 rings (SSSR count). The van der Waals surface area contributed by atoms with Gasteiger partial charge in [0, 0.05) is 0 Å². The second-order valence-corrected chi connectivity index (χ2v) is 4.74. The summed E-state index contributed by atoms with van der Waals surface area (Å²) < 4.78 is 0.994. The Kier molecular flexibility index (Phi) is 5.32. The number of aryl methyl sites for hydroxylation is 1. The number of aromatic amines is 1. The maximum Gasteiger partial charge on any atom is 0.335 e. The zero-order chi connectivity index (χ0) is 16.8. The van der Waals surface area contributed by atoms with Gasteiger partial charge in [0.15, 0.2) is 0 Å². The molecule has 0 saturated carbocycles. The van der Waals surface area contributed by atoms with E-state index in [1.807, 2.05) is 19.1 Å². The number of aromatic nitrogens is 2. The number of rotatable bonds is 6. The van der Waals surface area contributed by atoms with Crippen LogP contribution in [0.5, 0.6) is 5.88 Å². The number of benzene rings is 1.